The van der Waals surface area contributed by atoms with Crippen molar-refractivity contribution in [2.75, 3.05) is 11.1 Å². The van der Waals surface area contributed by atoms with E-state index in [9.17, 15) is 8.78 Å². The number of nitrogens with two attached hydrogens (primary N) is 2. The third kappa shape index (κ3) is 3.08. The lowest BCUT2D eigenvalue weighted by Gasteiger charge is -2.24. The Kier molecular flexibility index (Phi) is 4.20. The van der Waals surface area contributed by atoms with Crippen LogP contribution in [0.1, 0.15) is 37.3 Å². The molecule has 4 rings (SSSR count). The van der Waals surface area contributed by atoms with Gasteiger partial charge in [0.15, 0.2) is 23.1 Å². The Balaban J connectivity index is 1.64. The van der Waals surface area contributed by atoms with E-state index < -0.39 is 11.6 Å². The molecule has 1 aliphatic carbocycles. The van der Waals surface area contributed by atoms with Crippen molar-refractivity contribution in [3.8, 4) is 0 Å². The van der Waals surface area contributed by atoms with Crippen LogP contribution in [0.25, 0.3) is 5.65 Å². The van der Waals surface area contributed by atoms with Crippen LogP contribution in [0.2, 0.25) is 0 Å². The summed E-state index contributed by atoms with van der Waals surface area (Å²) in [6, 6.07) is 5.75. The molecule has 5 N–H and O–H groups in total. The predicted octanol–water partition coefficient (Wildman–Crippen LogP) is 3.32. The molecular weight excluding hydrogens is 338 g/mol. The van der Waals surface area contributed by atoms with Gasteiger partial charge in [0.1, 0.15) is 0 Å². The number of benzene rings is 1. The molecule has 2 heterocycles. The number of nitrogens with zero attached hydrogens (tertiary/aromatic N) is 3. The van der Waals surface area contributed by atoms with E-state index in [1.807, 2.05) is 6.20 Å². The molecule has 1 saturated carbocycles. The van der Waals surface area contributed by atoms with Crippen LogP contribution in [-0.4, -0.2) is 20.6 Å². The fourth-order valence-electron chi connectivity index (χ4n) is 3.43. The van der Waals surface area contributed by atoms with Gasteiger partial charge in [-0.2, -0.15) is 0 Å². The molecule has 1 fully saturated rings. The molecule has 8 heteroatoms. The van der Waals surface area contributed by atoms with Gasteiger partial charge in [0.25, 0.3) is 0 Å². The smallest absolute Gasteiger partial charge is 0.182 e. The highest BCUT2D eigenvalue weighted by atomic mass is 19.2. The highest BCUT2D eigenvalue weighted by Crippen LogP contribution is 2.32. The maximum absolute atomic E-state index is 13.9. The van der Waals surface area contributed by atoms with Crippen LogP contribution in [0.4, 0.5) is 26.0 Å². The molecule has 0 atom stereocenters. The molecule has 1 aromatic carbocycles. The van der Waals surface area contributed by atoms with Gasteiger partial charge in [0, 0.05) is 18.0 Å². The average Bonchev–Trinajstić information content (AvgIpc) is 3.04. The number of aromatic nitrogens is 3. The Hall–Kier alpha value is -2.74. The van der Waals surface area contributed by atoms with Crippen LogP contribution in [0.15, 0.2) is 30.5 Å². The molecule has 0 saturated heterocycles. The second-order valence-electron chi connectivity index (χ2n) is 6.76. The minimum Gasteiger partial charge on any atom is -0.396 e. The molecule has 26 heavy (non-hydrogen) atoms. The molecule has 136 valence electrons. The highest BCUT2D eigenvalue weighted by Gasteiger charge is 2.23. The standard InChI is InChI=1S/C18H20F2N6/c19-12-2-1-3-14(17(12)20)23-16-8-13(22)18-24-15(9-26(18)25-16)10-4-6-11(21)7-5-10/h1-3,8-11H,4-7,21-22H2,(H,23,25). The van der Waals surface area contributed by atoms with E-state index in [4.69, 9.17) is 11.5 Å². The number of nitrogen functional groups attached to an aromatic ring is 1. The maximum Gasteiger partial charge on any atom is 0.182 e. The highest BCUT2D eigenvalue weighted by molar-refractivity contribution is 5.70. The first-order valence-electron chi connectivity index (χ1n) is 8.63. The molecule has 0 unspecified atom stereocenters. The van der Waals surface area contributed by atoms with Crippen molar-refractivity contribution in [2.45, 2.75) is 37.6 Å². The zero-order valence-corrected chi connectivity index (χ0v) is 14.1. The first-order chi connectivity index (χ1) is 12.5. The molecule has 2 aromatic heterocycles. The second kappa shape index (κ2) is 6.53. The Labute approximate surface area is 149 Å². The fourth-order valence-corrected chi connectivity index (χ4v) is 3.43. The van der Waals surface area contributed by atoms with E-state index >= 15 is 0 Å². The van der Waals surface area contributed by atoms with Crippen molar-refractivity contribution in [1.82, 2.24) is 14.6 Å². The number of fused-ring (bicyclic) bond motifs is 1. The van der Waals surface area contributed by atoms with Crippen LogP contribution >= 0.6 is 0 Å². The molecule has 0 radical (unpaired) electrons. The first-order valence-corrected chi connectivity index (χ1v) is 8.63. The van der Waals surface area contributed by atoms with Crippen LogP contribution in [0, 0.1) is 11.6 Å². The van der Waals surface area contributed by atoms with E-state index in [1.165, 1.54) is 12.1 Å². The van der Waals surface area contributed by atoms with Gasteiger partial charge in [-0.15, -0.1) is 5.10 Å². The molecule has 0 bridgehead atoms. The summed E-state index contributed by atoms with van der Waals surface area (Å²) in [6.07, 6.45) is 5.79. The maximum atomic E-state index is 13.9. The molecular formula is C18H20F2N6. The zero-order chi connectivity index (χ0) is 18.3. The summed E-state index contributed by atoms with van der Waals surface area (Å²) in [5.74, 6) is -1.23. The lowest BCUT2D eigenvalue weighted by molar-refractivity contribution is 0.391. The number of nitrogens with one attached hydrogen (secondary N) is 1. The van der Waals surface area contributed by atoms with Crippen molar-refractivity contribution in [1.29, 1.82) is 0 Å². The lowest BCUT2D eigenvalue weighted by atomic mass is 9.85. The Morgan fingerprint density at radius 2 is 1.92 bits per heavy atom. The average molecular weight is 358 g/mol. The summed E-state index contributed by atoms with van der Waals surface area (Å²) in [7, 11) is 0. The first kappa shape index (κ1) is 16.7. The summed E-state index contributed by atoms with van der Waals surface area (Å²) < 4.78 is 28.8. The van der Waals surface area contributed by atoms with Crippen LogP contribution in [0.3, 0.4) is 0 Å². The normalized spacial score (nSPS) is 20.4. The molecule has 0 aliphatic heterocycles. The van der Waals surface area contributed by atoms with E-state index in [0.717, 1.165) is 37.4 Å². The van der Waals surface area contributed by atoms with E-state index in [-0.39, 0.29) is 11.7 Å². The lowest BCUT2D eigenvalue weighted by Crippen LogP contribution is -2.25. The van der Waals surface area contributed by atoms with Crippen molar-refractivity contribution < 1.29 is 8.78 Å². The van der Waals surface area contributed by atoms with Crippen LogP contribution < -0.4 is 16.8 Å². The predicted molar refractivity (Wildman–Crippen MR) is 96.2 cm³/mol. The van der Waals surface area contributed by atoms with Gasteiger partial charge >= 0.3 is 0 Å². The molecule has 3 aromatic rings. The third-order valence-electron chi connectivity index (χ3n) is 4.88. The van der Waals surface area contributed by atoms with E-state index in [0.29, 0.717) is 23.1 Å². The fraction of sp³-hybridized carbons (Fsp3) is 0.333. The number of imidazole rings is 1. The van der Waals surface area contributed by atoms with Gasteiger partial charge in [-0.1, -0.05) is 6.07 Å². The number of rotatable bonds is 3. The Morgan fingerprint density at radius 1 is 1.15 bits per heavy atom. The van der Waals surface area contributed by atoms with Gasteiger partial charge in [-0.05, 0) is 37.8 Å². The quantitative estimate of drug-likeness (QED) is 0.668. The minimum absolute atomic E-state index is 0.00198. The summed E-state index contributed by atoms with van der Waals surface area (Å²) in [4.78, 5) is 4.61. The summed E-state index contributed by atoms with van der Waals surface area (Å²) in [5, 5.41) is 7.15. The van der Waals surface area contributed by atoms with Gasteiger partial charge in [0.05, 0.1) is 23.3 Å². The molecule has 6 nitrogen and oxygen atoms in total. The molecule has 0 amide bonds. The second-order valence-corrected chi connectivity index (χ2v) is 6.76. The molecule has 1 aliphatic rings. The summed E-state index contributed by atoms with van der Waals surface area (Å²) in [6.45, 7) is 0. The van der Waals surface area contributed by atoms with Crippen LogP contribution in [0.5, 0.6) is 0 Å². The van der Waals surface area contributed by atoms with Gasteiger partial charge in [-0.25, -0.2) is 18.3 Å². The van der Waals surface area contributed by atoms with Gasteiger partial charge in [0.2, 0.25) is 0 Å². The number of hydrogen-bond acceptors (Lipinski definition) is 5. The Bertz CT molecular complexity index is 946. The van der Waals surface area contributed by atoms with Crippen molar-refractivity contribution >= 4 is 22.8 Å². The monoisotopic (exact) mass is 358 g/mol. The number of halogens is 2. The summed E-state index contributed by atoms with van der Waals surface area (Å²) >= 11 is 0. The van der Waals surface area contributed by atoms with E-state index in [2.05, 4.69) is 15.4 Å². The van der Waals surface area contributed by atoms with E-state index in [1.54, 1.807) is 10.6 Å². The number of hydrogen-bond donors (Lipinski definition) is 3. The largest absolute Gasteiger partial charge is 0.396 e. The topological polar surface area (TPSA) is 94.3 Å². The van der Waals surface area contributed by atoms with Crippen molar-refractivity contribution in [3.63, 3.8) is 0 Å². The Morgan fingerprint density at radius 3 is 2.69 bits per heavy atom. The van der Waals surface area contributed by atoms with Crippen molar-refractivity contribution in [2.24, 2.45) is 5.73 Å². The number of anilines is 3. The molecule has 0 spiro atoms. The zero-order valence-electron chi connectivity index (χ0n) is 14.1. The third-order valence-corrected chi connectivity index (χ3v) is 4.88. The summed E-state index contributed by atoms with van der Waals surface area (Å²) in [5.41, 5.74) is 14.0. The van der Waals surface area contributed by atoms with Crippen molar-refractivity contribution in [3.05, 3.63) is 47.8 Å². The minimum atomic E-state index is -0.960. The van der Waals surface area contributed by atoms with Crippen LogP contribution in [-0.2, 0) is 0 Å². The SMILES string of the molecule is Nc1cc(Nc2cccc(F)c2F)nn2cc(C3CCC(N)CC3)nc12. The van der Waals surface area contributed by atoms with Gasteiger partial charge < -0.3 is 16.8 Å². The van der Waals surface area contributed by atoms with Gasteiger partial charge in [-0.3, -0.25) is 0 Å².